The lowest BCUT2D eigenvalue weighted by atomic mass is 10.2. The highest BCUT2D eigenvalue weighted by molar-refractivity contribution is 7.91. The maximum absolute atomic E-state index is 12.5. The number of hydrogen-bond donors (Lipinski definition) is 2. The highest BCUT2D eigenvalue weighted by atomic mass is 32.2. The van der Waals surface area contributed by atoms with Crippen molar-refractivity contribution in [3.8, 4) is 11.5 Å². The normalized spacial score (nSPS) is 20.0. The lowest BCUT2D eigenvalue weighted by molar-refractivity contribution is -0.121. The number of methoxy groups -OCH3 is 1. The van der Waals surface area contributed by atoms with E-state index in [1.807, 2.05) is 4.90 Å². The summed E-state index contributed by atoms with van der Waals surface area (Å²) < 4.78 is 57.4. The van der Waals surface area contributed by atoms with E-state index in [0.717, 1.165) is 18.4 Å². The Labute approximate surface area is 179 Å². The molecule has 3 amide bonds. The fourth-order valence-electron chi connectivity index (χ4n) is 3.47. The van der Waals surface area contributed by atoms with Gasteiger partial charge in [-0.15, -0.1) is 0 Å². The second kappa shape index (κ2) is 9.77. The van der Waals surface area contributed by atoms with Gasteiger partial charge in [-0.1, -0.05) is 6.07 Å². The molecule has 9 nitrogen and oxygen atoms in total. The molecular weight excluding hydrogens is 436 g/mol. The van der Waals surface area contributed by atoms with Crippen molar-refractivity contribution in [3.05, 3.63) is 23.8 Å². The van der Waals surface area contributed by atoms with Crippen molar-refractivity contribution >= 4 is 21.8 Å². The largest absolute Gasteiger partial charge is 0.493 e. The summed E-state index contributed by atoms with van der Waals surface area (Å²) in [6.45, 7) is -2.66. The summed E-state index contributed by atoms with van der Waals surface area (Å²) in [5, 5.41) is 4.74. The summed E-state index contributed by atoms with van der Waals surface area (Å²) >= 11 is 0. The van der Waals surface area contributed by atoms with Crippen molar-refractivity contribution < 1.29 is 36.3 Å². The molecule has 2 aliphatic rings. The average molecular weight is 461 g/mol. The zero-order chi connectivity index (χ0) is 22.6. The molecule has 1 aliphatic heterocycles. The van der Waals surface area contributed by atoms with Gasteiger partial charge in [0.15, 0.2) is 21.3 Å². The first kappa shape index (κ1) is 23.2. The minimum absolute atomic E-state index is 0.0198. The quantitative estimate of drug-likeness (QED) is 0.569. The molecule has 1 aromatic carbocycles. The maximum atomic E-state index is 12.5. The zero-order valence-electron chi connectivity index (χ0n) is 17.0. The predicted octanol–water partition coefficient (Wildman–Crippen LogP) is 1.27. The van der Waals surface area contributed by atoms with E-state index in [1.54, 1.807) is 12.1 Å². The van der Waals surface area contributed by atoms with Crippen LogP contribution in [0, 0.1) is 0 Å². The van der Waals surface area contributed by atoms with Crippen LogP contribution in [0.25, 0.3) is 0 Å². The number of sulfone groups is 1. The number of rotatable bonds is 9. The third-order valence-electron chi connectivity index (χ3n) is 5.06. The molecule has 0 spiro atoms. The molecular formula is C19H25F2N3O6S. The highest BCUT2D eigenvalue weighted by Gasteiger charge is 2.32. The first-order valence-electron chi connectivity index (χ1n) is 9.82. The summed E-state index contributed by atoms with van der Waals surface area (Å²) in [5.74, 6) is -0.552. The molecule has 1 saturated carbocycles. The second-order valence-electron chi connectivity index (χ2n) is 7.62. The minimum Gasteiger partial charge on any atom is -0.493 e. The van der Waals surface area contributed by atoms with Gasteiger partial charge in [0.1, 0.15) is 0 Å². The third-order valence-corrected chi connectivity index (χ3v) is 6.83. The number of carbonyl (C=O) groups excluding carboxylic acids is 2. The fourth-order valence-corrected chi connectivity index (χ4v) is 5.15. The Morgan fingerprint density at radius 3 is 2.55 bits per heavy atom. The van der Waals surface area contributed by atoms with Gasteiger partial charge in [-0.3, -0.25) is 15.0 Å². The highest BCUT2D eigenvalue weighted by Crippen LogP contribution is 2.32. The van der Waals surface area contributed by atoms with Crippen molar-refractivity contribution in [2.45, 2.75) is 44.5 Å². The van der Waals surface area contributed by atoms with Gasteiger partial charge in [-0.05, 0) is 37.0 Å². The van der Waals surface area contributed by atoms with Crippen molar-refractivity contribution in [3.63, 3.8) is 0 Å². The van der Waals surface area contributed by atoms with Crippen LogP contribution in [0.4, 0.5) is 13.6 Å². The first-order chi connectivity index (χ1) is 14.6. The fraction of sp³-hybridized carbons (Fsp3) is 0.579. The molecule has 3 rings (SSSR count). The molecule has 2 N–H and O–H groups in total. The Bertz CT molecular complexity index is 923. The molecule has 172 valence electrons. The lowest BCUT2D eigenvalue weighted by Gasteiger charge is -2.22. The SMILES string of the molecule is COc1cc(CN(CC(=O)NC(=O)N[C@@H]2CCS(=O)(=O)C2)C2CC2)ccc1OC(F)F. The van der Waals surface area contributed by atoms with Crippen molar-refractivity contribution in [1.82, 2.24) is 15.5 Å². The Morgan fingerprint density at radius 1 is 1.23 bits per heavy atom. The van der Waals surface area contributed by atoms with Crippen LogP contribution >= 0.6 is 0 Å². The van der Waals surface area contributed by atoms with E-state index in [1.165, 1.54) is 13.2 Å². The molecule has 1 aliphatic carbocycles. The van der Waals surface area contributed by atoms with Crippen LogP contribution in [0.5, 0.6) is 11.5 Å². The number of alkyl halides is 2. The number of urea groups is 1. The Hall–Kier alpha value is -2.47. The lowest BCUT2D eigenvalue weighted by Crippen LogP contribution is -2.48. The van der Waals surface area contributed by atoms with E-state index < -0.39 is 34.4 Å². The van der Waals surface area contributed by atoms with Crippen LogP contribution in [0.15, 0.2) is 18.2 Å². The van der Waals surface area contributed by atoms with E-state index in [-0.39, 0.29) is 35.6 Å². The Balaban J connectivity index is 1.55. The topological polar surface area (TPSA) is 114 Å². The number of nitrogens with zero attached hydrogens (tertiary/aromatic N) is 1. The van der Waals surface area contributed by atoms with Gasteiger partial charge in [0, 0.05) is 18.6 Å². The predicted molar refractivity (Wildman–Crippen MR) is 107 cm³/mol. The molecule has 0 bridgehead atoms. The number of carbonyl (C=O) groups is 2. The molecule has 0 aromatic heterocycles. The van der Waals surface area contributed by atoms with Crippen LogP contribution in [0.1, 0.15) is 24.8 Å². The smallest absolute Gasteiger partial charge is 0.387 e. The molecule has 1 saturated heterocycles. The number of benzene rings is 1. The molecule has 1 aromatic rings. The number of amides is 3. The molecule has 0 radical (unpaired) electrons. The van der Waals surface area contributed by atoms with Gasteiger partial charge in [-0.2, -0.15) is 8.78 Å². The summed E-state index contributed by atoms with van der Waals surface area (Å²) in [5.41, 5.74) is 0.735. The second-order valence-corrected chi connectivity index (χ2v) is 9.85. The van der Waals surface area contributed by atoms with Gasteiger partial charge >= 0.3 is 12.6 Å². The summed E-state index contributed by atoms with van der Waals surface area (Å²) in [4.78, 5) is 26.2. The van der Waals surface area contributed by atoms with E-state index in [0.29, 0.717) is 13.0 Å². The Morgan fingerprint density at radius 2 is 1.97 bits per heavy atom. The molecule has 12 heteroatoms. The number of imide groups is 1. The monoisotopic (exact) mass is 461 g/mol. The summed E-state index contributed by atoms with van der Waals surface area (Å²) in [6.07, 6.45) is 2.14. The summed E-state index contributed by atoms with van der Waals surface area (Å²) in [6, 6.07) is 3.52. The van der Waals surface area contributed by atoms with E-state index in [9.17, 15) is 26.8 Å². The average Bonchev–Trinajstić information content (AvgIpc) is 3.46. The molecule has 2 fully saturated rings. The van der Waals surface area contributed by atoms with E-state index in [2.05, 4.69) is 15.4 Å². The van der Waals surface area contributed by atoms with Crippen molar-refractivity contribution in [2.24, 2.45) is 0 Å². The van der Waals surface area contributed by atoms with Crippen LogP contribution in [0.3, 0.4) is 0 Å². The van der Waals surface area contributed by atoms with Gasteiger partial charge in [0.25, 0.3) is 0 Å². The van der Waals surface area contributed by atoms with Crippen LogP contribution in [0.2, 0.25) is 0 Å². The molecule has 1 heterocycles. The van der Waals surface area contributed by atoms with Crippen molar-refractivity contribution in [1.29, 1.82) is 0 Å². The van der Waals surface area contributed by atoms with Crippen LogP contribution in [-0.4, -0.2) is 69.1 Å². The van der Waals surface area contributed by atoms with Crippen molar-refractivity contribution in [2.75, 3.05) is 25.2 Å². The zero-order valence-corrected chi connectivity index (χ0v) is 17.8. The first-order valence-corrected chi connectivity index (χ1v) is 11.6. The number of nitrogens with one attached hydrogen (secondary N) is 2. The van der Waals surface area contributed by atoms with Gasteiger partial charge in [-0.25, -0.2) is 13.2 Å². The number of hydrogen-bond acceptors (Lipinski definition) is 7. The summed E-state index contributed by atoms with van der Waals surface area (Å²) in [7, 11) is -1.79. The Kier molecular flexibility index (Phi) is 7.31. The third kappa shape index (κ3) is 7.03. The van der Waals surface area contributed by atoms with Gasteiger partial charge in [0.2, 0.25) is 5.91 Å². The van der Waals surface area contributed by atoms with Gasteiger partial charge in [0.05, 0.1) is 25.2 Å². The molecule has 1 atom stereocenters. The number of halogens is 2. The van der Waals surface area contributed by atoms with E-state index in [4.69, 9.17) is 4.74 Å². The van der Waals surface area contributed by atoms with Gasteiger partial charge < -0.3 is 14.8 Å². The standard InChI is InChI=1S/C19H25F2N3O6S/c1-29-16-8-12(2-5-15(16)30-18(20)21)9-24(14-3-4-14)10-17(25)23-19(26)22-13-6-7-31(27,28)11-13/h2,5,8,13-14,18H,3-4,6-7,9-11H2,1H3,(H2,22,23,25,26)/t13-/m1/s1. The van der Waals surface area contributed by atoms with E-state index >= 15 is 0 Å². The molecule has 31 heavy (non-hydrogen) atoms. The number of ether oxygens (including phenoxy) is 2. The molecule has 0 unspecified atom stereocenters. The van der Waals surface area contributed by atoms with Crippen LogP contribution < -0.4 is 20.1 Å². The maximum Gasteiger partial charge on any atom is 0.387 e. The minimum atomic E-state index is -3.14. The van der Waals surface area contributed by atoms with Crippen LogP contribution in [-0.2, 0) is 21.2 Å².